The van der Waals surface area contributed by atoms with Gasteiger partial charge in [0, 0.05) is 0 Å². The van der Waals surface area contributed by atoms with Crippen molar-refractivity contribution in [1.29, 1.82) is 0 Å². The van der Waals surface area contributed by atoms with E-state index in [0.29, 0.717) is 11.1 Å². The highest BCUT2D eigenvalue weighted by atomic mass is 19.1. The number of hydrogen-bond donors (Lipinski definition) is 4. The van der Waals surface area contributed by atoms with Crippen LogP contribution in [0.25, 0.3) is 0 Å². The molecule has 0 saturated heterocycles. The molecule has 2 aromatic carbocycles. The average Bonchev–Trinajstić information content (AvgIpc) is 2.70. The number of amides is 2. The number of aliphatic hydroxyl groups excluding tert-OH is 2. The van der Waals surface area contributed by atoms with E-state index in [1.54, 1.807) is 0 Å². The monoisotopic (exact) mass is 424 g/mol. The highest BCUT2D eigenvalue weighted by Gasteiger charge is 2.39. The lowest BCUT2D eigenvalue weighted by atomic mass is 10.0. The molecular weight excluding hydrogens is 402 g/mol. The highest BCUT2D eigenvalue weighted by Crippen LogP contribution is 2.15. The zero-order valence-corrected chi connectivity index (χ0v) is 15.8. The van der Waals surface area contributed by atoms with Crippen molar-refractivity contribution in [1.82, 2.24) is 0 Å². The third-order valence-corrected chi connectivity index (χ3v) is 4.22. The molecule has 0 aliphatic carbocycles. The Labute approximate surface area is 171 Å². The first-order chi connectivity index (χ1) is 14.2. The molecule has 2 aromatic rings. The summed E-state index contributed by atoms with van der Waals surface area (Å²) < 4.78 is 36.4. The van der Waals surface area contributed by atoms with Crippen LogP contribution in [0.5, 0.6) is 0 Å². The van der Waals surface area contributed by atoms with Crippen LogP contribution in [0, 0.1) is 11.6 Å². The van der Waals surface area contributed by atoms with Crippen molar-refractivity contribution >= 4 is 11.8 Å². The van der Waals surface area contributed by atoms with Gasteiger partial charge in [-0.15, -0.1) is 0 Å². The Hall–Kier alpha value is -2.92. The van der Waals surface area contributed by atoms with Crippen molar-refractivity contribution in [3.05, 3.63) is 71.3 Å². The van der Waals surface area contributed by atoms with E-state index in [1.165, 1.54) is 48.5 Å². The minimum absolute atomic E-state index is 0.227. The van der Waals surface area contributed by atoms with Crippen LogP contribution in [0.4, 0.5) is 8.78 Å². The number of nitrogens with two attached hydrogens (primary N) is 2. The summed E-state index contributed by atoms with van der Waals surface area (Å²) in [6.45, 7) is -0.454. The quantitative estimate of drug-likeness (QED) is 0.403. The van der Waals surface area contributed by atoms with Crippen molar-refractivity contribution in [2.75, 3.05) is 0 Å². The van der Waals surface area contributed by atoms with Crippen LogP contribution in [-0.4, -0.2) is 46.4 Å². The molecule has 10 heteroatoms. The first-order valence-electron chi connectivity index (χ1n) is 8.86. The molecule has 2 amide bonds. The Morgan fingerprint density at radius 3 is 1.30 bits per heavy atom. The van der Waals surface area contributed by atoms with Crippen LogP contribution in [-0.2, 0) is 32.3 Å². The SMILES string of the molecule is NC(=O)C(OCc1ccc(F)cc1)C(O)C(O)C(OCc1ccc(F)cc1)C(N)=O. The average molecular weight is 424 g/mol. The molecule has 0 aliphatic rings. The molecule has 0 aliphatic heterocycles. The number of carbonyl (C=O) groups is 2. The van der Waals surface area contributed by atoms with Gasteiger partial charge >= 0.3 is 0 Å². The van der Waals surface area contributed by atoms with Gasteiger partial charge in [0.15, 0.2) is 12.2 Å². The summed E-state index contributed by atoms with van der Waals surface area (Å²) in [6, 6.07) is 10.3. The first kappa shape index (κ1) is 23.4. The zero-order chi connectivity index (χ0) is 22.3. The van der Waals surface area contributed by atoms with E-state index in [2.05, 4.69) is 0 Å². The minimum Gasteiger partial charge on any atom is -0.387 e. The van der Waals surface area contributed by atoms with Gasteiger partial charge in [-0.05, 0) is 35.4 Å². The molecular formula is C20H22F2N2O6. The molecule has 0 fully saturated rings. The number of primary amides is 2. The van der Waals surface area contributed by atoms with Crippen LogP contribution in [0.3, 0.4) is 0 Å². The summed E-state index contributed by atoms with van der Waals surface area (Å²) in [4.78, 5) is 23.4. The van der Waals surface area contributed by atoms with E-state index in [-0.39, 0.29) is 13.2 Å². The molecule has 162 valence electrons. The van der Waals surface area contributed by atoms with Gasteiger partial charge in [0.05, 0.1) is 13.2 Å². The van der Waals surface area contributed by atoms with Crippen LogP contribution in [0.1, 0.15) is 11.1 Å². The molecule has 6 N–H and O–H groups in total. The van der Waals surface area contributed by atoms with E-state index < -0.39 is 47.9 Å². The van der Waals surface area contributed by atoms with Gasteiger partial charge in [-0.2, -0.15) is 0 Å². The number of carbonyl (C=O) groups excluding carboxylic acids is 2. The molecule has 4 atom stereocenters. The van der Waals surface area contributed by atoms with E-state index in [9.17, 15) is 28.6 Å². The second kappa shape index (κ2) is 10.7. The molecule has 0 saturated carbocycles. The van der Waals surface area contributed by atoms with Gasteiger partial charge in [-0.3, -0.25) is 9.59 Å². The Bertz CT molecular complexity index is 776. The lowest BCUT2D eigenvalue weighted by Crippen LogP contribution is -2.54. The second-order valence-electron chi connectivity index (χ2n) is 6.50. The van der Waals surface area contributed by atoms with E-state index >= 15 is 0 Å². The normalized spacial score (nSPS) is 15.2. The molecule has 0 aromatic heterocycles. The number of aliphatic hydroxyl groups is 2. The summed E-state index contributed by atoms with van der Waals surface area (Å²) in [5.41, 5.74) is 11.4. The highest BCUT2D eigenvalue weighted by molar-refractivity contribution is 5.81. The Morgan fingerprint density at radius 1 is 0.733 bits per heavy atom. The number of benzene rings is 2. The maximum Gasteiger partial charge on any atom is 0.249 e. The van der Waals surface area contributed by atoms with Crippen LogP contribution in [0.15, 0.2) is 48.5 Å². The molecule has 0 radical (unpaired) electrons. The Morgan fingerprint density at radius 2 is 1.03 bits per heavy atom. The van der Waals surface area contributed by atoms with Gasteiger partial charge in [-0.25, -0.2) is 8.78 Å². The third-order valence-electron chi connectivity index (χ3n) is 4.22. The van der Waals surface area contributed by atoms with Crippen molar-refractivity contribution in [2.24, 2.45) is 11.5 Å². The predicted octanol–water partition coefficient (Wildman–Crippen LogP) is 0.128. The van der Waals surface area contributed by atoms with Gasteiger partial charge in [0.2, 0.25) is 11.8 Å². The maximum absolute atomic E-state index is 13.0. The number of hydrogen-bond acceptors (Lipinski definition) is 6. The van der Waals surface area contributed by atoms with E-state index in [1.807, 2.05) is 0 Å². The smallest absolute Gasteiger partial charge is 0.249 e. The van der Waals surface area contributed by atoms with E-state index in [4.69, 9.17) is 20.9 Å². The number of ether oxygens (including phenoxy) is 2. The van der Waals surface area contributed by atoms with Crippen LogP contribution in [0.2, 0.25) is 0 Å². The fourth-order valence-corrected chi connectivity index (χ4v) is 2.59. The molecule has 0 heterocycles. The standard InChI is InChI=1S/C20H22F2N2O6/c21-13-5-1-11(2-6-13)9-29-17(19(23)27)15(25)16(26)18(20(24)28)30-10-12-3-7-14(22)8-4-12/h1-8,15-18,25-26H,9-10H2,(H2,23,27)(H2,24,28). The maximum atomic E-state index is 13.0. The Balaban J connectivity index is 2.04. The van der Waals surface area contributed by atoms with Gasteiger partial charge in [0.1, 0.15) is 23.8 Å². The van der Waals surface area contributed by atoms with Crippen molar-refractivity contribution < 1.29 is 38.1 Å². The fourth-order valence-electron chi connectivity index (χ4n) is 2.59. The van der Waals surface area contributed by atoms with E-state index in [0.717, 1.165) is 0 Å². The minimum atomic E-state index is -1.95. The zero-order valence-electron chi connectivity index (χ0n) is 15.8. The third kappa shape index (κ3) is 6.56. The molecule has 30 heavy (non-hydrogen) atoms. The van der Waals surface area contributed by atoms with Gasteiger partial charge in [-0.1, -0.05) is 24.3 Å². The first-order valence-corrected chi connectivity index (χ1v) is 8.86. The van der Waals surface area contributed by atoms with Gasteiger partial charge in [0.25, 0.3) is 0 Å². The summed E-state index contributed by atoms with van der Waals surface area (Å²) in [7, 11) is 0. The lowest BCUT2D eigenvalue weighted by molar-refractivity contribution is -0.167. The fraction of sp³-hybridized carbons (Fsp3) is 0.300. The van der Waals surface area contributed by atoms with Crippen molar-refractivity contribution in [2.45, 2.75) is 37.6 Å². The second-order valence-corrected chi connectivity index (χ2v) is 6.50. The number of halogens is 2. The molecule has 2 rings (SSSR count). The summed E-state index contributed by atoms with van der Waals surface area (Å²) in [5, 5.41) is 20.7. The van der Waals surface area contributed by atoms with Gasteiger partial charge < -0.3 is 31.2 Å². The predicted molar refractivity (Wildman–Crippen MR) is 100 cm³/mol. The summed E-state index contributed by atoms with van der Waals surface area (Å²) in [5.74, 6) is -3.15. The molecule has 4 unspecified atom stereocenters. The van der Waals surface area contributed by atoms with Crippen LogP contribution < -0.4 is 11.5 Å². The Kier molecular flexibility index (Phi) is 8.36. The molecule has 8 nitrogen and oxygen atoms in total. The summed E-state index contributed by atoms with van der Waals surface area (Å²) >= 11 is 0. The number of rotatable bonds is 11. The molecule has 0 spiro atoms. The largest absolute Gasteiger partial charge is 0.387 e. The topological polar surface area (TPSA) is 145 Å². The lowest BCUT2D eigenvalue weighted by Gasteiger charge is -2.29. The summed E-state index contributed by atoms with van der Waals surface area (Å²) in [6.07, 6.45) is -7.31. The molecule has 0 bridgehead atoms. The van der Waals surface area contributed by atoms with Crippen LogP contribution >= 0.6 is 0 Å². The van der Waals surface area contributed by atoms with Crippen molar-refractivity contribution in [3.8, 4) is 0 Å². The van der Waals surface area contributed by atoms with Crippen molar-refractivity contribution in [3.63, 3.8) is 0 Å².